The summed E-state index contributed by atoms with van der Waals surface area (Å²) in [6.07, 6.45) is 1.64. The van der Waals surface area contributed by atoms with Gasteiger partial charge in [0.15, 0.2) is 0 Å². The fourth-order valence-corrected chi connectivity index (χ4v) is 1.77. The lowest BCUT2D eigenvalue weighted by atomic mass is 10.3. The van der Waals surface area contributed by atoms with Gasteiger partial charge >= 0.3 is 6.03 Å². The monoisotopic (exact) mass is 295 g/mol. The zero-order chi connectivity index (χ0) is 15.2. The van der Waals surface area contributed by atoms with E-state index in [2.05, 4.69) is 25.8 Å². The number of pyridine rings is 1. The first-order chi connectivity index (χ1) is 10.8. The molecule has 0 aliphatic rings. The van der Waals surface area contributed by atoms with Crippen LogP contribution in [0, 0.1) is 0 Å². The average Bonchev–Trinajstić information content (AvgIpc) is 3.04. The molecular formula is C15H13N5O2. The van der Waals surface area contributed by atoms with E-state index in [1.807, 2.05) is 24.3 Å². The second-order valence-corrected chi connectivity index (χ2v) is 4.39. The van der Waals surface area contributed by atoms with Crippen molar-refractivity contribution < 1.29 is 9.21 Å². The number of rotatable bonds is 4. The maximum atomic E-state index is 11.7. The van der Waals surface area contributed by atoms with Crippen molar-refractivity contribution in [2.24, 2.45) is 0 Å². The van der Waals surface area contributed by atoms with Crippen LogP contribution in [0.1, 0.15) is 5.89 Å². The molecule has 0 radical (unpaired) electrons. The van der Waals surface area contributed by atoms with E-state index in [4.69, 9.17) is 4.42 Å². The van der Waals surface area contributed by atoms with Crippen LogP contribution in [0.5, 0.6) is 0 Å². The third-order valence-electron chi connectivity index (χ3n) is 2.78. The summed E-state index contributed by atoms with van der Waals surface area (Å²) in [7, 11) is 0. The van der Waals surface area contributed by atoms with Gasteiger partial charge in [0.05, 0.1) is 6.54 Å². The molecule has 0 saturated carbocycles. The first kappa shape index (κ1) is 13.7. The second-order valence-electron chi connectivity index (χ2n) is 4.39. The van der Waals surface area contributed by atoms with Crippen molar-refractivity contribution in [1.82, 2.24) is 20.5 Å². The van der Waals surface area contributed by atoms with Crippen molar-refractivity contribution in [3.05, 3.63) is 60.6 Å². The summed E-state index contributed by atoms with van der Waals surface area (Å²) < 4.78 is 5.44. The van der Waals surface area contributed by atoms with Crippen molar-refractivity contribution in [3.8, 4) is 11.6 Å². The maximum Gasteiger partial charge on any atom is 0.319 e. The Bertz CT molecular complexity index is 743. The number of aromatic nitrogens is 3. The molecule has 2 N–H and O–H groups in total. The van der Waals surface area contributed by atoms with Crippen LogP contribution < -0.4 is 10.6 Å². The normalized spacial score (nSPS) is 10.2. The van der Waals surface area contributed by atoms with Gasteiger partial charge in [0.25, 0.3) is 5.89 Å². The zero-order valence-electron chi connectivity index (χ0n) is 11.6. The molecule has 0 atom stereocenters. The Balaban J connectivity index is 1.56. The molecule has 0 spiro atoms. The molecule has 3 aromatic rings. The van der Waals surface area contributed by atoms with E-state index in [0.29, 0.717) is 23.2 Å². The van der Waals surface area contributed by atoms with E-state index >= 15 is 0 Å². The molecule has 2 aromatic heterocycles. The summed E-state index contributed by atoms with van der Waals surface area (Å²) in [6.45, 7) is 0.137. The predicted molar refractivity (Wildman–Crippen MR) is 79.8 cm³/mol. The SMILES string of the molecule is O=C(NCc1nnc(-c2ccccn2)o1)Nc1ccccc1. The van der Waals surface area contributed by atoms with Gasteiger partial charge < -0.3 is 15.1 Å². The number of urea groups is 1. The minimum Gasteiger partial charge on any atom is -0.417 e. The van der Waals surface area contributed by atoms with E-state index in [1.54, 1.807) is 30.5 Å². The number of nitrogens with one attached hydrogen (secondary N) is 2. The van der Waals surface area contributed by atoms with Crippen molar-refractivity contribution >= 4 is 11.7 Å². The Morgan fingerprint density at radius 1 is 1.05 bits per heavy atom. The first-order valence-corrected chi connectivity index (χ1v) is 6.65. The molecule has 0 bridgehead atoms. The fourth-order valence-electron chi connectivity index (χ4n) is 1.77. The smallest absolute Gasteiger partial charge is 0.319 e. The number of benzene rings is 1. The number of nitrogens with zero attached hydrogens (tertiary/aromatic N) is 3. The Morgan fingerprint density at radius 3 is 2.64 bits per heavy atom. The Hall–Kier alpha value is -3.22. The standard InChI is InChI=1S/C15H13N5O2/c21-15(18-11-6-2-1-3-7-11)17-10-13-19-20-14(22-13)12-8-4-5-9-16-12/h1-9H,10H2,(H2,17,18,21). The Kier molecular flexibility index (Phi) is 4.05. The van der Waals surface area contributed by atoms with Crippen LogP contribution in [0.15, 0.2) is 59.1 Å². The topological polar surface area (TPSA) is 92.9 Å². The van der Waals surface area contributed by atoms with E-state index in [0.717, 1.165) is 0 Å². The van der Waals surface area contributed by atoms with Crippen LogP contribution in [-0.4, -0.2) is 21.2 Å². The number of anilines is 1. The van der Waals surface area contributed by atoms with Crippen LogP contribution in [0.4, 0.5) is 10.5 Å². The number of carbonyl (C=O) groups excluding carboxylic acids is 1. The summed E-state index contributed by atoms with van der Waals surface area (Å²) in [6, 6.07) is 14.2. The highest BCUT2D eigenvalue weighted by Gasteiger charge is 2.10. The lowest BCUT2D eigenvalue weighted by Crippen LogP contribution is -2.28. The second kappa shape index (κ2) is 6.49. The lowest BCUT2D eigenvalue weighted by molar-refractivity contribution is 0.250. The predicted octanol–water partition coefficient (Wildman–Crippen LogP) is 2.45. The molecule has 110 valence electrons. The van der Waals surface area contributed by atoms with Gasteiger partial charge in [0.1, 0.15) is 5.69 Å². The van der Waals surface area contributed by atoms with Crippen LogP contribution in [-0.2, 0) is 6.54 Å². The molecule has 0 fully saturated rings. The molecule has 2 amide bonds. The molecule has 22 heavy (non-hydrogen) atoms. The highest BCUT2D eigenvalue weighted by Crippen LogP contribution is 2.13. The lowest BCUT2D eigenvalue weighted by Gasteiger charge is -2.05. The van der Waals surface area contributed by atoms with E-state index in [-0.39, 0.29) is 12.6 Å². The van der Waals surface area contributed by atoms with Crippen molar-refractivity contribution in [1.29, 1.82) is 0 Å². The van der Waals surface area contributed by atoms with Gasteiger partial charge in [-0.3, -0.25) is 4.98 Å². The van der Waals surface area contributed by atoms with Gasteiger partial charge in [-0.05, 0) is 24.3 Å². The number of hydrogen-bond donors (Lipinski definition) is 2. The minimum absolute atomic E-state index is 0.137. The van der Waals surface area contributed by atoms with Crippen LogP contribution in [0.25, 0.3) is 11.6 Å². The largest absolute Gasteiger partial charge is 0.417 e. The molecule has 0 saturated heterocycles. The summed E-state index contributed by atoms with van der Waals surface area (Å²) in [5.74, 6) is 0.629. The average molecular weight is 295 g/mol. The molecule has 0 unspecified atom stereocenters. The highest BCUT2D eigenvalue weighted by atomic mass is 16.4. The van der Waals surface area contributed by atoms with E-state index in [9.17, 15) is 4.79 Å². The van der Waals surface area contributed by atoms with Gasteiger partial charge in [-0.1, -0.05) is 24.3 Å². The Labute approximate surface area is 126 Å². The summed E-state index contributed by atoms with van der Waals surface area (Å²) in [5, 5.41) is 13.1. The number of hydrogen-bond acceptors (Lipinski definition) is 5. The number of amides is 2. The third kappa shape index (κ3) is 3.45. The van der Waals surface area contributed by atoms with Gasteiger partial charge in [0.2, 0.25) is 5.89 Å². The summed E-state index contributed by atoms with van der Waals surface area (Å²) in [5.41, 5.74) is 1.30. The minimum atomic E-state index is -0.344. The van der Waals surface area contributed by atoms with Crippen LogP contribution >= 0.6 is 0 Å². The van der Waals surface area contributed by atoms with Gasteiger partial charge in [-0.2, -0.15) is 0 Å². The third-order valence-corrected chi connectivity index (χ3v) is 2.78. The molecule has 2 heterocycles. The van der Waals surface area contributed by atoms with Gasteiger partial charge in [0, 0.05) is 11.9 Å². The van der Waals surface area contributed by atoms with E-state index < -0.39 is 0 Å². The molecule has 3 rings (SSSR count). The van der Waals surface area contributed by atoms with Crippen LogP contribution in [0.3, 0.4) is 0 Å². The summed E-state index contributed by atoms with van der Waals surface area (Å²) in [4.78, 5) is 15.9. The van der Waals surface area contributed by atoms with Crippen molar-refractivity contribution in [2.45, 2.75) is 6.54 Å². The quantitative estimate of drug-likeness (QED) is 0.771. The molecular weight excluding hydrogens is 282 g/mol. The van der Waals surface area contributed by atoms with Gasteiger partial charge in [-0.25, -0.2) is 4.79 Å². The van der Waals surface area contributed by atoms with Gasteiger partial charge in [-0.15, -0.1) is 10.2 Å². The molecule has 0 aliphatic carbocycles. The highest BCUT2D eigenvalue weighted by molar-refractivity contribution is 5.89. The zero-order valence-corrected chi connectivity index (χ0v) is 11.6. The number of para-hydroxylation sites is 1. The van der Waals surface area contributed by atoms with Crippen molar-refractivity contribution in [3.63, 3.8) is 0 Å². The molecule has 7 nitrogen and oxygen atoms in total. The molecule has 7 heteroatoms. The Morgan fingerprint density at radius 2 is 1.86 bits per heavy atom. The number of carbonyl (C=O) groups is 1. The fraction of sp³-hybridized carbons (Fsp3) is 0.0667. The molecule has 0 aliphatic heterocycles. The summed E-state index contributed by atoms with van der Waals surface area (Å²) >= 11 is 0. The first-order valence-electron chi connectivity index (χ1n) is 6.65. The molecule has 1 aromatic carbocycles. The van der Waals surface area contributed by atoms with Crippen LogP contribution in [0.2, 0.25) is 0 Å². The maximum absolute atomic E-state index is 11.7. The van der Waals surface area contributed by atoms with E-state index in [1.165, 1.54) is 0 Å². The van der Waals surface area contributed by atoms with Crippen molar-refractivity contribution in [2.75, 3.05) is 5.32 Å².